The van der Waals surface area contributed by atoms with Crippen LogP contribution in [0.5, 0.6) is 0 Å². The van der Waals surface area contributed by atoms with Gasteiger partial charge in [0.1, 0.15) is 6.54 Å². The Hall–Kier alpha value is -1.36. The van der Waals surface area contributed by atoms with E-state index in [-0.39, 0.29) is 12.4 Å². The van der Waals surface area contributed by atoms with Crippen LogP contribution in [0, 0.1) is 0 Å². The summed E-state index contributed by atoms with van der Waals surface area (Å²) >= 11 is 0. The predicted octanol–water partition coefficient (Wildman–Crippen LogP) is 8.46. The second kappa shape index (κ2) is 24.0. The molecule has 36 heavy (non-hydrogen) atoms. The first-order chi connectivity index (χ1) is 17.2. The lowest BCUT2D eigenvalue weighted by Crippen LogP contribution is -2.43. The van der Waals surface area contributed by atoms with Crippen LogP contribution in [-0.2, 0) is 14.3 Å². The summed E-state index contributed by atoms with van der Waals surface area (Å²) in [5, 5.41) is 9.05. The Morgan fingerprint density at radius 1 is 0.694 bits per heavy atom. The number of esters is 1. The van der Waals surface area contributed by atoms with Gasteiger partial charge in [-0.3, -0.25) is 9.59 Å². The summed E-state index contributed by atoms with van der Waals surface area (Å²) in [5.41, 5.74) is 0. The van der Waals surface area contributed by atoms with E-state index >= 15 is 0 Å². The Balaban J connectivity index is 3.47. The van der Waals surface area contributed by atoms with Crippen LogP contribution in [-0.4, -0.2) is 55.3 Å². The third-order valence-corrected chi connectivity index (χ3v) is 6.59. The number of hydrogen-bond acceptors (Lipinski definition) is 3. The molecule has 5 nitrogen and oxygen atoms in total. The van der Waals surface area contributed by atoms with Gasteiger partial charge < -0.3 is 14.3 Å². The highest BCUT2D eigenvalue weighted by atomic mass is 16.5. The van der Waals surface area contributed by atoms with Gasteiger partial charge in [0.25, 0.3) is 0 Å². The number of aliphatic carboxylic acids is 1. The summed E-state index contributed by atoms with van der Waals surface area (Å²) in [6, 6.07) is 0. The fourth-order valence-corrected chi connectivity index (χ4v) is 4.59. The Morgan fingerprint density at radius 2 is 1.11 bits per heavy atom. The number of allylic oxidation sites excluding steroid dienone is 2. The van der Waals surface area contributed by atoms with Crippen molar-refractivity contribution in [2.75, 3.05) is 27.7 Å². The maximum absolute atomic E-state index is 12.1. The molecule has 0 unspecified atom stereocenters. The zero-order valence-electron chi connectivity index (χ0n) is 24.4. The minimum absolute atomic E-state index is 0.127. The van der Waals surface area contributed by atoms with E-state index in [0.717, 1.165) is 19.3 Å². The van der Waals surface area contributed by atoms with E-state index in [4.69, 9.17) is 9.84 Å². The molecule has 0 bridgehead atoms. The van der Waals surface area contributed by atoms with E-state index in [1.165, 1.54) is 103 Å². The van der Waals surface area contributed by atoms with Crippen molar-refractivity contribution in [3.63, 3.8) is 0 Å². The van der Waals surface area contributed by atoms with Crippen LogP contribution in [0.25, 0.3) is 0 Å². The Kier molecular flexibility index (Phi) is 23.1. The number of hydrogen-bond donors (Lipinski definition) is 1. The molecule has 0 aliphatic rings. The van der Waals surface area contributed by atoms with Gasteiger partial charge in [-0.05, 0) is 32.1 Å². The third kappa shape index (κ3) is 27.2. The topological polar surface area (TPSA) is 63.6 Å². The number of carbonyl (C=O) groups excluding carboxylic acids is 1. The molecule has 0 saturated carbocycles. The van der Waals surface area contributed by atoms with E-state index in [1.54, 1.807) is 0 Å². The van der Waals surface area contributed by atoms with Crippen molar-refractivity contribution < 1.29 is 23.9 Å². The number of rotatable bonds is 26. The van der Waals surface area contributed by atoms with Crippen molar-refractivity contribution in [1.82, 2.24) is 0 Å². The molecule has 212 valence electrons. The quantitative estimate of drug-likeness (QED) is 0.0548. The Morgan fingerprint density at radius 3 is 1.53 bits per heavy atom. The maximum atomic E-state index is 12.1. The van der Waals surface area contributed by atoms with E-state index < -0.39 is 12.1 Å². The minimum atomic E-state index is -0.924. The number of unbranched alkanes of at least 4 members (excludes halogenated alkanes) is 17. The highest BCUT2D eigenvalue weighted by Crippen LogP contribution is 2.14. The first-order valence-electron chi connectivity index (χ1n) is 15.1. The lowest BCUT2D eigenvalue weighted by Gasteiger charge is -2.28. The highest BCUT2D eigenvalue weighted by Gasteiger charge is 2.24. The fourth-order valence-electron chi connectivity index (χ4n) is 4.59. The molecule has 0 fully saturated rings. The van der Waals surface area contributed by atoms with Crippen molar-refractivity contribution in [2.45, 2.75) is 148 Å². The first-order valence-corrected chi connectivity index (χ1v) is 15.1. The number of nitrogens with zero attached hydrogens (tertiary/aromatic N) is 1. The standard InChI is InChI=1S/C31H59NO4/c1-5-6-7-8-9-10-11-12-13-14-15-16-17-18-19-20-21-22-23-24-25-26-31(35)36-29(27-30(33)34)28-32(2,3)4/h12-13,29H,5-11,14-28H2,1-4H3/p+1/b13-12-/t29-/m1/s1. The molecule has 0 radical (unpaired) electrons. The molecule has 0 heterocycles. The Labute approximate surface area is 223 Å². The summed E-state index contributed by atoms with van der Waals surface area (Å²) in [4.78, 5) is 23.1. The average Bonchev–Trinajstić information content (AvgIpc) is 2.78. The number of carboxylic acids is 1. The summed E-state index contributed by atoms with van der Waals surface area (Å²) in [7, 11) is 5.92. The minimum Gasteiger partial charge on any atom is -0.481 e. The molecule has 5 heteroatoms. The van der Waals surface area contributed by atoms with Gasteiger partial charge in [-0.15, -0.1) is 0 Å². The maximum Gasteiger partial charge on any atom is 0.307 e. The molecule has 0 aromatic heterocycles. The molecule has 0 aliphatic carbocycles. The summed E-state index contributed by atoms with van der Waals surface area (Å²) in [6.07, 6.45) is 29.0. The first kappa shape index (κ1) is 34.6. The number of ether oxygens (including phenoxy) is 1. The van der Waals surface area contributed by atoms with Crippen LogP contribution in [0.2, 0.25) is 0 Å². The van der Waals surface area contributed by atoms with Gasteiger partial charge >= 0.3 is 11.9 Å². The number of carbonyl (C=O) groups is 2. The number of likely N-dealkylation sites (N-methyl/N-ethyl adjacent to an activating group) is 1. The second-order valence-corrected chi connectivity index (χ2v) is 11.6. The monoisotopic (exact) mass is 510 g/mol. The zero-order chi connectivity index (χ0) is 26.9. The van der Waals surface area contributed by atoms with Crippen molar-refractivity contribution in [2.24, 2.45) is 0 Å². The third-order valence-electron chi connectivity index (χ3n) is 6.59. The van der Waals surface area contributed by atoms with Crippen LogP contribution in [0.15, 0.2) is 12.2 Å². The molecular weight excluding hydrogens is 450 g/mol. The van der Waals surface area contributed by atoms with E-state index in [0.29, 0.717) is 17.4 Å². The second-order valence-electron chi connectivity index (χ2n) is 11.6. The highest BCUT2D eigenvalue weighted by molar-refractivity contribution is 5.71. The molecule has 1 N–H and O–H groups in total. The molecular formula is C31H60NO4+. The summed E-state index contributed by atoms with van der Waals surface area (Å²) in [6.45, 7) is 2.78. The molecule has 0 aliphatic heterocycles. The molecule has 0 saturated heterocycles. The van der Waals surface area contributed by atoms with Gasteiger partial charge in [0.15, 0.2) is 6.10 Å². The van der Waals surface area contributed by atoms with Gasteiger partial charge in [0.2, 0.25) is 0 Å². The van der Waals surface area contributed by atoms with Gasteiger partial charge in [-0.1, -0.05) is 109 Å². The normalized spacial score (nSPS) is 12.8. The van der Waals surface area contributed by atoms with E-state index in [2.05, 4.69) is 19.1 Å². The average molecular weight is 511 g/mol. The molecule has 1 atom stereocenters. The molecule has 0 spiro atoms. The molecule has 0 aromatic rings. The van der Waals surface area contributed by atoms with Crippen LogP contribution in [0.3, 0.4) is 0 Å². The van der Waals surface area contributed by atoms with Crippen LogP contribution >= 0.6 is 0 Å². The van der Waals surface area contributed by atoms with Crippen molar-refractivity contribution in [3.8, 4) is 0 Å². The smallest absolute Gasteiger partial charge is 0.307 e. The number of quaternary nitrogens is 1. The predicted molar refractivity (Wildman–Crippen MR) is 152 cm³/mol. The summed E-state index contributed by atoms with van der Waals surface area (Å²) in [5.74, 6) is -1.18. The zero-order valence-corrected chi connectivity index (χ0v) is 24.4. The van der Waals surface area contributed by atoms with Crippen LogP contribution < -0.4 is 0 Å². The largest absolute Gasteiger partial charge is 0.481 e. The van der Waals surface area contributed by atoms with Gasteiger partial charge in [-0.25, -0.2) is 0 Å². The lowest BCUT2D eigenvalue weighted by molar-refractivity contribution is -0.873. The Bertz CT molecular complexity index is 553. The van der Waals surface area contributed by atoms with E-state index in [1.807, 2.05) is 21.1 Å². The molecule has 0 aromatic carbocycles. The van der Waals surface area contributed by atoms with Crippen LogP contribution in [0.1, 0.15) is 142 Å². The van der Waals surface area contributed by atoms with Crippen molar-refractivity contribution >= 4 is 11.9 Å². The SMILES string of the molecule is CCCCCCCC/C=C\CCCCCCCCCCCCCC(=O)O[C@H](CC(=O)O)C[N+](C)(C)C. The van der Waals surface area contributed by atoms with E-state index in [9.17, 15) is 9.59 Å². The van der Waals surface area contributed by atoms with Gasteiger partial charge in [0, 0.05) is 6.42 Å². The molecule has 0 amide bonds. The van der Waals surface area contributed by atoms with Gasteiger partial charge in [-0.2, -0.15) is 0 Å². The lowest BCUT2D eigenvalue weighted by atomic mass is 10.0. The van der Waals surface area contributed by atoms with Crippen LogP contribution in [0.4, 0.5) is 0 Å². The molecule has 0 rings (SSSR count). The van der Waals surface area contributed by atoms with Crippen molar-refractivity contribution in [3.05, 3.63) is 12.2 Å². The fraction of sp³-hybridized carbons (Fsp3) is 0.871. The van der Waals surface area contributed by atoms with Gasteiger partial charge in [0.05, 0.1) is 27.6 Å². The van der Waals surface area contributed by atoms with Crippen molar-refractivity contribution in [1.29, 1.82) is 0 Å². The number of carboxylic acid groups (broad SMARTS) is 1. The summed E-state index contributed by atoms with van der Waals surface area (Å²) < 4.78 is 6.01.